The molecule has 10 heteroatoms. The number of ether oxygens (including phenoxy) is 1. The molecular formula is C33H38N4O6. The lowest BCUT2D eigenvalue weighted by Crippen LogP contribution is -2.69. The number of nitrogens with one attached hydrogen (secondary N) is 1. The van der Waals surface area contributed by atoms with Crippen molar-refractivity contribution < 1.29 is 23.7 Å². The lowest BCUT2D eigenvalue weighted by Gasteiger charge is -2.50. The molecule has 0 saturated carbocycles. The number of nitro benzene ring substituents is 1. The number of hydrogen-bond acceptors (Lipinski definition) is 8. The van der Waals surface area contributed by atoms with Crippen LogP contribution >= 0.6 is 0 Å². The van der Waals surface area contributed by atoms with Gasteiger partial charge in [0, 0.05) is 35.9 Å². The molecule has 1 amide bonds. The quantitative estimate of drug-likeness (QED) is 0.145. The van der Waals surface area contributed by atoms with E-state index >= 15 is 0 Å². The Morgan fingerprint density at radius 3 is 2.47 bits per heavy atom. The number of non-ortho nitro benzene ring substituents is 1. The van der Waals surface area contributed by atoms with Crippen molar-refractivity contribution in [2.45, 2.75) is 49.6 Å². The molecule has 3 aromatic rings. The molecule has 1 saturated heterocycles. The first-order valence-electron chi connectivity index (χ1n) is 14.7. The summed E-state index contributed by atoms with van der Waals surface area (Å²) in [7, 11) is 1.32. The third-order valence-corrected chi connectivity index (χ3v) is 8.98. The highest BCUT2D eigenvalue weighted by molar-refractivity contribution is 5.88. The van der Waals surface area contributed by atoms with E-state index in [4.69, 9.17) is 9.15 Å². The number of amides is 1. The molecule has 0 radical (unpaired) electrons. The number of carbonyl (C=O) groups excluding carboxylic acids is 2. The first-order chi connectivity index (χ1) is 20.9. The van der Waals surface area contributed by atoms with Crippen LogP contribution in [0.2, 0.25) is 0 Å². The molecule has 1 fully saturated rings. The second-order valence-electron chi connectivity index (χ2n) is 11.3. The second-order valence-corrected chi connectivity index (χ2v) is 11.3. The molecule has 2 aliphatic rings. The van der Waals surface area contributed by atoms with Crippen molar-refractivity contribution in [3.05, 3.63) is 106 Å². The van der Waals surface area contributed by atoms with E-state index in [1.54, 1.807) is 29.6 Å². The first kappa shape index (κ1) is 30.0. The minimum Gasteiger partial charge on any atom is -0.472 e. The summed E-state index contributed by atoms with van der Waals surface area (Å²) in [6.45, 7) is 4.93. The van der Waals surface area contributed by atoms with E-state index in [9.17, 15) is 19.7 Å². The van der Waals surface area contributed by atoms with Crippen LogP contribution in [0.3, 0.4) is 0 Å². The molecule has 1 aromatic heterocycles. The Bertz CT molecular complexity index is 1420. The topological polar surface area (TPSA) is 118 Å². The summed E-state index contributed by atoms with van der Waals surface area (Å²) >= 11 is 0. The molecule has 2 aliphatic heterocycles. The molecule has 0 bridgehead atoms. The number of esters is 1. The molecule has 3 atom stereocenters. The van der Waals surface area contributed by atoms with Gasteiger partial charge in [-0.3, -0.25) is 14.9 Å². The van der Waals surface area contributed by atoms with Crippen LogP contribution < -0.4 is 5.32 Å². The number of nitro groups is 1. The summed E-state index contributed by atoms with van der Waals surface area (Å²) in [6, 6.07) is 18.0. The fraction of sp³-hybridized carbons (Fsp3) is 0.394. The minimum atomic E-state index is -1.44. The summed E-state index contributed by atoms with van der Waals surface area (Å²) in [5, 5.41) is 14.8. The van der Waals surface area contributed by atoms with Crippen LogP contribution in [0.15, 0.2) is 83.7 Å². The Morgan fingerprint density at radius 1 is 1.14 bits per heavy atom. The maximum Gasteiger partial charge on any atom is 0.334 e. The standard InChI is InChI=1S/C33H38N4O6/c1-24-33(32(39)42-2,36(23-38)17-6-16-35-18-13-26(14-19-35)25-7-4-3-5-8-25)30(21-31(34-24)28-15-20-43-22-28)27-9-11-29(12-10-27)37(40)41/h3-5,7-12,15,20-24,26,30,34H,6,13-14,16-19H2,1-2H3. The van der Waals surface area contributed by atoms with E-state index in [0.717, 1.165) is 50.1 Å². The fourth-order valence-corrected chi connectivity index (χ4v) is 6.72. The Balaban J connectivity index is 1.40. The number of rotatable bonds is 11. The van der Waals surface area contributed by atoms with E-state index in [-0.39, 0.29) is 5.69 Å². The third kappa shape index (κ3) is 6.06. The largest absolute Gasteiger partial charge is 0.472 e. The van der Waals surface area contributed by atoms with E-state index < -0.39 is 28.4 Å². The summed E-state index contributed by atoms with van der Waals surface area (Å²) < 4.78 is 10.7. The van der Waals surface area contributed by atoms with Crippen LogP contribution in [-0.4, -0.2) is 72.0 Å². The third-order valence-electron chi connectivity index (χ3n) is 8.98. The van der Waals surface area contributed by atoms with Crippen molar-refractivity contribution in [2.75, 3.05) is 33.3 Å². The molecule has 1 N–H and O–H groups in total. The zero-order chi connectivity index (χ0) is 30.4. The summed E-state index contributed by atoms with van der Waals surface area (Å²) in [5.41, 5.74) is 2.05. The smallest absolute Gasteiger partial charge is 0.334 e. The highest BCUT2D eigenvalue weighted by Gasteiger charge is 2.57. The maximum absolute atomic E-state index is 13.9. The van der Waals surface area contributed by atoms with Gasteiger partial charge < -0.3 is 24.3 Å². The number of likely N-dealkylation sites (tertiary alicyclic amines) is 1. The highest BCUT2D eigenvalue weighted by Crippen LogP contribution is 2.44. The van der Waals surface area contributed by atoms with Gasteiger partial charge in [0.2, 0.25) is 6.41 Å². The number of hydrogen-bond donors (Lipinski definition) is 1. The Labute approximate surface area is 251 Å². The van der Waals surface area contributed by atoms with Gasteiger partial charge in [0.25, 0.3) is 5.69 Å². The van der Waals surface area contributed by atoms with Crippen molar-refractivity contribution in [1.29, 1.82) is 0 Å². The van der Waals surface area contributed by atoms with Crippen LogP contribution in [0.5, 0.6) is 0 Å². The number of furan rings is 1. The van der Waals surface area contributed by atoms with Crippen molar-refractivity contribution in [3.63, 3.8) is 0 Å². The molecule has 3 heterocycles. The van der Waals surface area contributed by atoms with Gasteiger partial charge in [-0.25, -0.2) is 4.79 Å². The Kier molecular flexibility index (Phi) is 9.25. The molecule has 5 rings (SSSR count). The van der Waals surface area contributed by atoms with Gasteiger partial charge in [0.15, 0.2) is 5.54 Å². The highest BCUT2D eigenvalue weighted by atomic mass is 16.6. The predicted molar refractivity (Wildman–Crippen MR) is 162 cm³/mol. The van der Waals surface area contributed by atoms with Crippen LogP contribution in [0, 0.1) is 10.1 Å². The Morgan fingerprint density at radius 2 is 1.86 bits per heavy atom. The van der Waals surface area contributed by atoms with E-state index in [0.29, 0.717) is 24.4 Å². The summed E-state index contributed by atoms with van der Waals surface area (Å²) in [5.74, 6) is -0.665. The van der Waals surface area contributed by atoms with Gasteiger partial charge in [-0.05, 0) is 75.0 Å². The van der Waals surface area contributed by atoms with Gasteiger partial charge in [-0.15, -0.1) is 0 Å². The van der Waals surface area contributed by atoms with Crippen LogP contribution in [0.1, 0.15) is 54.7 Å². The van der Waals surface area contributed by atoms with Gasteiger partial charge >= 0.3 is 5.97 Å². The molecule has 0 aliphatic carbocycles. The van der Waals surface area contributed by atoms with Crippen LogP contribution in [0.4, 0.5) is 5.69 Å². The summed E-state index contributed by atoms with van der Waals surface area (Å²) in [6.07, 6.45) is 8.61. The van der Waals surface area contributed by atoms with Crippen molar-refractivity contribution in [3.8, 4) is 0 Å². The normalized spacial score (nSPS) is 22.7. The molecular weight excluding hydrogens is 548 g/mol. The fourth-order valence-electron chi connectivity index (χ4n) is 6.72. The number of nitrogens with zero attached hydrogens (tertiary/aromatic N) is 3. The van der Waals surface area contributed by atoms with Crippen molar-refractivity contribution >= 4 is 23.8 Å². The van der Waals surface area contributed by atoms with Gasteiger partial charge in [-0.2, -0.15) is 0 Å². The van der Waals surface area contributed by atoms with E-state index in [1.807, 2.05) is 25.1 Å². The lowest BCUT2D eigenvalue weighted by atomic mass is 9.70. The predicted octanol–water partition coefficient (Wildman–Crippen LogP) is 4.94. The average molecular weight is 587 g/mol. The monoisotopic (exact) mass is 586 g/mol. The van der Waals surface area contributed by atoms with Gasteiger partial charge in [0.1, 0.15) is 0 Å². The zero-order valence-electron chi connectivity index (χ0n) is 24.6. The number of piperidine rings is 1. The van der Waals surface area contributed by atoms with Gasteiger partial charge in [-0.1, -0.05) is 42.5 Å². The second kappa shape index (κ2) is 13.2. The van der Waals surface area contributed by atoms with Gasteiger partial charge in [0.05, 0.1) is 30.6 Å². The van der Waals surface area contributed by atoms with E-state index in [1.165, 1.54) is 24.8 Å². The number of carbonyl (C=O) groups is 2. The minimum absolute atomic E-state index is 0.0586. The van der Waals surface area contributed by atoms with Crippen LogP contribution in [-0.2, 0) is 14.3 Å². The molecule has 226 valence electrons. The van der Waals surface area contributed by atoms with Crippen molar-refractivity contribution in [2.24, 2.45) is 0 Å². The summed E-state index contributed by atoms with van der Waals surface area (Å²) in [4.78, 5) is 41.6. The average Bonchev–Trinajstić information content (AvgIpc) is 3.59. The number of benzene rings is 2. The molecule has 43 heavy (non-hydrogen) atoms. The lowest BCUT2D eigenvalue weighted by molar-refractivity contribution is -0.384. The zero-order valence-corrected chi connectivity index (χ0v) is 24.6. The SMILES string of the molecule is COC(=O)C1(N(C=O)CCCN2CCC(c3ccccc3)CC2)C(C)NC(c2ccoc2)=CC1c1ccc([N+](=O)[O-])cc1. The molecule has 3 unspecified atom stereocenters. The van der Waals surface area contributed by atoms with Crippen molar-refractivity contribution in [1.82, 2.24) is 15.1 Å². The molecule has 0 spiro atoms. The Hall–Kier alpha value is -4.44. The van der Waals surface area contributed by atoms with Crippen LogP contribution in [0.25, 0.3) is 5.70 Å². The maximum atomic E-state index is 13.9. The first-order valence-corrected chi connectivity index (χ1v) is 14.7. The molecule has 10 nitrogen and oxygen atoms in total. The number of methoxy groups -OCH3 is 1. The van der Waals surface area contributed by atoms with E-state index in [2.05, 4.69) is 34.5 Å². The molecule has 2 aromatic carbocycles.